The lowest BCUT2D eigenvalue weighted by Crippen LogP contribution is -2.30. The lowest BCUT2D eigenvalue weighted by atomic mass is 9.73. The van der Waals surface area contributed by atoms with Gasteiger partial charge in [-0.1, -0.05) is 159 Å². The summed E-state index contributed by atoms with van der Waals surface area (Å²) in [7, 11) is 0. The maximum absolute atomic E-state index is 4.70. The molecule has 1 aliphatic carbocycles. The molecule has 8 aromatic carbocycles. The van der Waals surface area contributed by atoms with E-state index in [0.717, 1.165) is 41.3 Å². The molecule has 9 aromatic rings. The molecule has 0 saturated heterocycles. The topological polar surface area (TPSA) is 34.0 Å². The predicted molar refractivity (Wildman–Crippen MR) is 234 cm³/mol. The average molecular weight is 733 g/mol. The van der Waals surface area contributed by atoms with Crippen LogP contribution in [0.15, 0.2) is 182 Å². The van der Waals surface area contributed by atoms with E-state index >= 15 is 0 Å². The summed E-state index contributed by atoms with van der Waals surface area (Å²) in [4.78, 5) is 2.45. The first-order valence-corrected chi connectivity index (χ1v) is 19.8. The Morgan fingerprint density at radius 1 is 0.404 bits per heavy atom. The average Bonchev–Trinajstić information content (AvgIpc) is 3.71. The minimum atomic E-state index is -0.0752. The maximum atomic E-state index is 4.70. The van der Waals surface area contributed by atoms with Gasteiger partial charge in [-0.05, 0) is 105 Å². The number of hydrogen-bond donors (Lipinski definition) is 0. The Bertz CT molecular complexity index is 2930. The minimum Gasteiger partial charge on any atom is -0.310 e. The fourth-order valence-corrected chi connectivity index (χ4v) is 9.23. The van der Waals surface area contributed by atoms with Crippen LogP contribution in [0.4, 0.5) is 17.1 Å². The summed E-state index contributed by atoms with van der Waals surface area (Å²) in [5, 5.41) is 11.9. The van der Waals surface area contributed by atoms with Gasteiger partial charge in [0.15, 0.2) is 11.6 Å². The van der Waals surface area contributed by atoms with E-state index in [1.54, 1.807) is 0 Å². The van der Waals surface area contributed by atoms with Crippen molar-refractivity contribution < 1.29 is 0 Å². The van der Waals surface area contributed by atoms with Crippen molar-refractivity contribution in [2.75, 3.05) is 4.90 Å². The molecule has 4 nitrogen and oxygen atoms in total. The number of hydrogen-bond acceptors (Lipinski definition) is 3. The van der Waals surface area contributed by atoms with Crippen LogP contribution in [-0.4, -0.2) is 14.8 Å². The van der Waals surface area contributed by atoms with E-state index in [9.17, 15) is 0 Å². The van der Waals surface area contributed by atoms with Crippen LogP contribution < -0.4 is 4.90 Å². The van der Waals surface area contributed by atoms with Crippen molar-refractivity contribution in [3.05, 3.63) is 215 Å². The molecular weight excluding hydrogens is 693 g/mol. The van der Waals surface area contributed by atoms with Crippen molar-refractivity contribution in [2.45, 2.75) is 32.1 Å². The van der Waals surface area contributed by atoms with Crippen LogP contribution in [-0.2, 0) is 18.3 Å². The second-order valence-corrected chi connectivity index (χ2v) is 15.9. The Morgan fingerprint density at radius 2 is 0.930 bits per heavy atom. The molecule has 4 heteroatoms. The molecule has 0 bridgehead atoms. The number of rotatable bonds is 5. The van der Waals surface area contributed by atoms with Gasteiger partial charge in [0.05, 0.1) is 11.4 Å². The zero-order valence-corrected chi connectivity index (χ0v) is 32.0. The predicted octanol–water partition coefficient (Wildman–Crippen LogP) is 13.0. The fraction of sp³-hybridized carbons (Fsp3) is 0.0943. The third kappa shape index (κ3) is 5.51. The zero-order valence-electron chi connectivity index (χ0n) is 32.0. The van der Waals surface area contributed by atoms with Crippen molar-refractivity contribution in [1.82, 2.24) is 14.8 Å². The molecule has 0 unspecified atom stereocenters. The molecule has 272 valence electrons. The fourth-order valence-electron chi connectivity index (χ4n) is 9.23. The van der Waals surface area contributed by atoms with Gasteiger partial charge in [-0.25, -0.2) is 0 Å². The SMILES string of the molecule is CC1(C)c2ccccc2N(c2ccc3cc4c(cc3c2)Cc2ccc(-c3ccc(-c5nnc(-c6ccccc6)n5-c5ccccc5)cc3)cc2C4)c2ccccc21. The third-order valence-electron chi connectivity index (χ3n) is 12.2. The molecular formula is C53H40N4. The largest absolute Gasteiger partial charge is 0.310 e. The van der Waals surface area contributed by atoms with Crippen LogP contribution >= 0.6 is 0 Å². The van der Waals surface area contributed by atoms with Crippen LogP contribution in [0.1, 0.15) is 47.2 Å². The Balaban J connectivity index is 0.895. The molecule has 2 heterocycles. The summed E-state index contributed by atoms with van der Waals surface area (Å²) in [5.74, 6) is 1.65. The molecule has 0 spiro atoms. The molecule has 1 aliphatic heterocycles. The highest BCUT2D eigenvalue weighted by Gasteiger charge is 2.36. The monoisotopic (exact) mass is 732 g/mol. The van der Waals surface area contributed by atoms with Crippen LogP contribution in [0.3, 0.4) is 0 Å². The summed E-state index contributed by atoms with van der Waals surface area (Å²) < 4.78 is 2.15. The van der Waals surface area contributed by atoms with E-state index in [2.05, 4.69) is 186 Å². The summed E-state index contributed by atoms with van der Waals surface area (Å²) in [6, 6.07) is 66.0. The first-order valence-electron chi connectivity index (χ1n) is 19.8. The third-order valence-corrected chi connectivity index (χ3v) is 12.2. The van der Waals surface area contributed by atoms with Crippen molar-refractivity contribution in [1.29, 1.82) is 0 Å². The summed E-state index contributed by atoms with van der Waals surface area (Å²) >= 11 is 0. The van der Waals surface area contributed by atoms with Gasteiger partial charge in [0.1, 0.15) is 0 Å². The Morgan fingerprint density at radius 3 is 1.61 bits per heavy atom. The number of fused-ring (bicyclic) bond motifs is 5. The van der Waals surface area contributed by atoms with Crippen molar-refractivity contribution in [2.24, 2.45) is 0 Å². The smallest absolute Gasteiger partial charge is 0.168 e. The molecule has 57 heavy (non-hydrogen) atoms. The lowest BCUT2D eigenvalue weighted by Gasteiger charge is -2.42. The van der Waals surface area contributed by atoms with Crippen LogP contribution in [0.5, 0.6) is 0 Å². The summed E-state index contributed by atoms with van der Waals surface area (Å²) in [6.45, 7) is 4.68. The molecule has 0 amide bonds. The summed E-state index contributed by atoms with van der Waals surface area (Å²) in [5.41, 5.74) is 17.5. The highest BCUT2D eigenvalue weighted by atomic mass is 15.3. The van der Waals surface area contributed by atoms with E-state index < -0.39 is 0 Å². The van der Waals surface area contributed by atoms with Gasteiger partial charge in [0.2, 0.25) is 0 Å². The zero-order chi connectivity index (χ0) is 38.1. The number of nitrogens with zero attached hydrogens (tertiary/aromatic N) is 4. The molecule has 0 fully saturated rings. The molecule has 2 aliphatic rings. The summed E-state index contributed by atoms with van der Waals surface area (Å²) in [6.07, 6.45) is 1.87. The number of anilines is 3. The van der Waals surface area contributed by atoms with Crippen molar-refractivity contribution in [3.8, 4) is 39.6 Å². The van der Waals surface area contributed by atoms with Crippen molar-refractivity contribution in [3.63, 3.8) is 0 Å². The van der Waals surface area contributed by atoms with E-state index in [-0.39, 0.29) is 5.41 Å². The van der Waals surface area contributed by atoms with Gasteiger partial charge >= 0.3 is 0 Å². The Hall–Kier alpha value is -7.04. The van der Waals surface area contributed by atoms with Gasteiger partial charge in [0, 0.05) is 27.9 Å². The Labute approximate surface area is 333 Å². The standard InChI is InChI=1S/C53H40N4/c1-53(2)47-17-9-11-19-49(47)56(50-20-12-10-18-48(50)53)46-28-27-40-31-42-32-41-29-38(25-26-39(41)30-43(42)33-44(40)34-46)35-21-23-37(24-22-35)52-55-54-51(36-13-5-3-6-14-36)57(52)45-15-7-4-8-16-45/h3-29,31,33-34H,30,32H2,1-2H3. The van der Waals surface area contributed by atoms with Crippen LogP contribution in [0, 0.1) is 0 Å². The Kier molecular flexibility index (Phi) is 7.62. The first kappa shape index (κ1) is 33.3. The van der Waals surface area contributed by atoms with Gasteiger partial charge in [-0.2, -0.15) is 0 Å². The maximum Gasteiger partial charge on any atom is 0.168 e. The van der Waals surface area contributed by atoms with Gasteiger partial charge in [-0.15, -0.1) is 10.2 Å². The van der Waals surface area contributed by atoms with Gasteiger partial charge < -0.3 is 4.90 Å². The second kappa shape index (κ2) is 13.0. The van der Waals surface area contributed by atoms with Crippen molar-refractivity contribution >= 4 is 27.8 Å². The van der Waals surface area contributed by atoms with Crippen LogP contribution in [0.2, 0.25) is 0 Å². The highest BCUT2D eigenvalue weighted by Crippen LogP contribution is 2.52. The van der Waals surface area contributed by atoms with E-state index in [1.165, 1.54) is 72.3 Å². The van der Waals surface area contributed by atoms with E-state index in [1.807, 2.05) is 24.3 Å². The molecule has 0 saturated carbocycles. The molecule has 0 radical (unpaired) electrons. The quantitative estimate of drug-likeness (QED) is 0.177. The van der Waals surface area contributed by atoms with Gasteiger partial charge in [-0.3, -0.25) is 4.57 Å². The number of aromatic nitrogens is 3. The molecule has 11 rings (SSSR count). The second-order valence-electron chi connectivity index (χ2n) is 15.9. The molecule has 0 N–H and O–H groups in total. The lowest BCUT2D eigenvalue weighted by molar-refractivity contribution is 0.632. The molecule has 0 atom stereocenters. The minimum absolute atomic E-state index is 0.0752. The van der Waals surface area contributed by atoms with E-state index in [0.29, 0.717) is 0 Å². The number of benzene rings is 8. The highest BCUT2D eigenvalue weighted by molar-refractivity contribution is 5.93. The molecule has 1 aromatic heterocycles. The van der Waals surface area contributed by atoms with Crippen LogP contribution in [0.25, 0.3) is 50.4 Å². The van der Waals surface area contributed by atoms with Gasteiger partial charge in [0.25, 0.3) is 0 Å². The van der Waals surface area contributed by atoms with E-state index in [4.69, 9.17) is 5.10 Å². The first-order chi connectivity index (χ1) is 28.0. The normalized spacial score (nSPS) is 13.8. The number of para-hydroxylation sites is 3.